The summed E-state index contributed by atoms with van der Waals surface area (Å²) in [6.45, 7) is 4.64. The van der Waals surface area contributed by atoms with E-state index in [-0.39, 0.29) is 23.9 Å². The lowest BCUT2D eigenvalue weighted by Crippen LogP contribution is -2.54. The molecular formula is C32H42N4O3. The second-order valence-corrected chi connectivity index (χ2v) is 12.1. The van der Waals surface area contributed by atoms with Gasteiger partial charge in [-0.1, -0.05) is 48.5 Å². The van der Waals surface area contributed by atoms with Crippen LogP contribution in [-0.2, 0) is 27.2 Å². The van der Waals surface area contributed by atoms with Gasteiger partial charge in [0, 0.05) is 42.5 Å². The molecule has 1 aliphatic rings. The van der Waals surface area contributed by atoms with Gasteiger partial charge in [0.15, 0.2) is 11.6 Å². The molecule has 2 atom stereocenters. The molecule has 3 N–H and O–H groups in total. The van der Waals surface area contributed by atoms with Crippen LogP contribution in [0.1, 0.15) is 44.2 Å². The number of amides is 1. The minimum atomic E-state index is -1.03. The summed E-state index contributed by atoms with van der Waals surface area (Å²) in [4.78, 5) is 48.1. The second-order valence-electron chi connectivity index (χ2n) is 12.1. The van der Waals surface area contributed by atoms with E-state index in [0.29, 0.717) is 32.5 Å². The lowest BCUT2D eigenvalue weighted by Gasteiger charge is -2.43. The maximum atomic E-state index is 14.2. The Kier molecular flexibility index (Phi) is 8.72. The molecule has 2 aromatic carbocycles. The molecule has 1 aromatic heterocycles. The Labute approximate surface area is 231 Å². The average Bonchev–Trinajstić information content (AvgIpc) is 3.30. The van der Waals surface area contributed by atoms with Crippen molar-refractivity contribution in [2.45, 2.75) is 51.5 Å². The molecule has 1 amide bonds. The van der Waals surface area contributed by atoms with Crippen LogP contribution in [0.5, 0.6) is 0 Å². The Bertz CT molecular complexity index is 1310. The first-order valence-corrected chi connectivity index (χ1v) is 13.9. The van der Waals surface area contributed by atoms with E-state index >= 15 is 0 Å². The summed E-state index contributed by atoms with van der Waals surface area (Å²) in [5, 5.41) is 1.05. The minimum Gasteiger partial charge on any atom is -0.361 e. The third-order valence-electron chi connectivity index (χ3n) is 7.97. The molecule has 0 spiro atoms. The summed E-state index contributed by atoms with van der Waals surface area (Å²) in [6.07, 6.45) is 4.49. The Hall–Kier alpha value is -3.29. The molecule has 4 rings (SSSR count). The van der Waals surface area contributed by atoms with Gasteiger partial charge in [-0.3, -0.25) is 14.4 Å². The van der Waals surface area contributed by atoms with E-state index in [0.717, 1.165) is 34.9 Å². The fourth-order valence-electron chi connectivity index (χ4n) is 5.79. The number of aromatic amines is 1. The zero-order valence-corrected chi connectivity index (χ0v) is 23.7. The van der Waals surface area contributed by atoms with Gasteiger partial charge in [0.25, 0.3) is 0 Å². The number of aromatic nitrogens is 1. The molecule has 0 unspecified atom stereocenters. The van der Waals surface area contributed by atoms with E-state index in [1.165, 1.54) is 0 Å². The Morgan fingerprint density at radius 1 is 1.08 bits per heavy atom. The maximum Gasteiger partial charge on any atom is 0.226 e. The van der Waals surface area contributed by atoms with Crippen LogP contribution >= 0.6 is 0 Å². The van der Waals surface area contributed by atoms with Gasteiger partial charge in [0.1, 0.15) is 0 Å². The molecule has 1 fully saturated rings. The number of carbonyl (C=O) groups is 3. The van der Waals surface area contributed by atoms with Crippen molar-refractivity contribution in [2.24, 2.45) is 17.1 Å². The summed E-state index contributed by atoms with van der Waals surface area (Å²) in [7, 11) is 3.80. The number of Topliss-reactive ketones (excluding diaryl/α,β-unsaturated/α-hetero) is 2. The topological polar surface area (TPSA) is 99.5 Å². The first kappa shape index (κ1) is 28.7. The number of nitrogens with one attached hydrogen (secondary N) is 1. The number of carbonyl (C=O) groups excluding carboxylic acids is 3. The number of likely N-dealkylation sites (N-methyl/N-ethyl adjacent to an activating group) is 1. The highest BCUT2D eigenvalue weighted by Crippen LogP contribution is 2.36. The number of nitrogens with zero attached hydrogens (tertiary/aromatic N) is 2. The first-order chi connectivity index (χ1) is 18.5. The molecule has 7 nitrogen and oxygen atoms in total. The summed E-state index contributed by atoms with van der Waals surface area (Å²) in [5.41, 5.74) is 7.55. The number of piperidine rings is 1. The van der Waals surface area contributed by atoms with E-state index in [4.69, 9.17) is 5.73 Å². The van der Waals surface area contributed by atoms with E-state index in [1.54, 1.807) is 13.8 Å². The number of para-hydroxylation sites is 1. The highest BCUT2D eigenvalue weighted by molar-refractivity contribution is 5.93. The third kappa shape index (κ3) is 6.84. The second kappa shape index (κ2) is 11.8. The molecule has 0 aliphatic carbocycles. The molecule has 1 aliphatic heterocycles. The number of nitrogens with two attached hydrogens (primary N) is 1. The fraction of sp³-hybridized carbons (Fsp3) is 0.469. The number of benzene rings is 2. The molecule has 39 heavy (non-hydrogen) atoms. The van der Waals surface area contributed by atoms with Crippen molar-refractivity contribution in [3.8, 4) is 0 Å². The predicted octanol–water partition coefficient (Wildman–Crippen LogP) is 4.01. The summed E-state index contributed by atoms with van der Waals surface area (Å²) >= 11 is 0. The molecule has 3 aromatic rings. The van der Waals surface area contributed by atoms with Crippen LogP contribution in [0, 0.1) is 11.3 Å². The number of ketones is 2. The van der Waals surface area contributed by atoms with Crippen molar-refractivity contribution in [1.82, 2.24) is 14.8 Å². The molecule has 0 bridgehead atoms. The SMILES string of the molecule is CN(C)CC(=O)[C@@]1(Cc2ccccc2)CCCN(C(=O)[C@H](CC(=O)C(C)(C)N)Cc2c[nH]c3ccccc23)C1. The maximum absolute atomic E-state index is 14.2. The quantitative estimate of drug-likeness (QED) is 0.390. The number of H-pyrrole nitrogens is 1. The van der Waals surface area contributed by atoms with Crippen molar-refractivity contribution in [2.75, 3.05) is 33.7 Å². The highest BCUT2D eigenvalue weighted by Gasteiger charge is 2.44. The van der Waals surface area contributed by atoms with Gasteiger partial charge in [-0.05, 0) is 70.8 Å². The van der Waals surface area contributed by atoms with Crippen LogP contribution in [0.15, 0.2) is 60.8 Å². The van der Waals surface area contributed by atoms with Crippen LogP contribution < -0.4 is 5.73 Å². The number of likely N-dealkylation sites (tertiary alicyclic amines) is 1. The lowest BCUT2D eigenvalue weighted by atomic mass is 9.71. The van der Waals surface area contributed by atoms with E-state index in [1.807, 2.05) is 84.7 Å². The minimum absolute atomic E-state index is 0.0651. The highest BCUT2D eigenvalue weighted by atomic mass is 16.2. The third-order valence-corrected chi connectivity index (χ3v) is 7.97. The fourth-order valence-corrected chi connectivity index (χ4v) is 5.79. The Morgan fingerprint density at radius 2 is 1.77 bits per heavy atom. The molecule has 2 heterocycles. The molecule has 1 saturated heterocycles. The molecule has 7 heteroatoms. The lowest BCUT2D eigenvalue weighted by molar-refractivity contribution is -0.145. The van der Waals surface area contributed by atoms with Crippen LogP contribution in [0.25, 0.3) is 10.9 Å². The van der Waals surface area contributed by atoms with Gasteiger partial charge in [-0.25, -0.2) is 0 Å². The molecule has 208 valence electrons. The smallest absolute Gasteiger partial charge is 0.226 e. The summed E-state index contributed by atoms with van der Waals surface area (Å²) in [6, 6.07) is 18.0. The van der Waals surface area contributed by atoms with Crippen molar-refractivity contribution >= 4 is 28.4 Å². The van der Waals surface area contributed by atoms with Crippen molar-refractivity contribution in [1.29, 1.82) is 0 Å². The largest absolute Gasteiger partial charge is 0.361 e. The Morgan fingerprint density at radius 3 is 2.46 bits per heavy atom. The summed E-state index contributed by atoms with van der Waals surface area (Å²) < 4.78 is 0. The molecule has 0 radical (unpaired) electrons. The van der Waals surface area contributed by atoms with E-state index < -0.39 is 16.9 Å². The zero-order valence-electron chi connectivity index (χ0n) is 23.7. The molecule has 0 saturated carbocycles. The van der Waals surface area contributed by atoms with E-state index in [2.05, 4.69) is 4.98 Å². The predicted molar refractivity (Wildman–Crippen MR) is 155 cm³/mol. The van der Waals surface area contributed by atoms with Crippen molar-refractivity contribution in [3.05, 3.63) is 71.9 Å². The van der Waals surface area contributed by atoms with E-state index in [9.17, 15) is 14.4 Å². The number of hydrogen-bond acceptors (Lipinski definition) is 5. The van der Waals surface area contributed by atoms with Crippen LogP contribution in [0.3, 0.4) is 0 Å². The van der Waals surface area contributed by atoms with Gasteiger partial charge in [-0.15, -0.1) is 0 Å². The van der Waals surface area contributed by atoms with Crippen LogP contribution in [0.2, 0.25) is 0 Å². The zero-order chi connectivity index (χ0) is 28.2. The first-order valence-electron chi connectivity index (χ1n) is 13.9. The van der Waals surface area contributed by atoms with Gasteiger partial charge in [-0.2, -0.15) is 0 Å². The standard InChI is InChI=1S/C32H42N4O3/c1-31(2,33)28(37)18-24(17-25-20-34-27-14-9-8-13-26(25)27)30(39)36-16-10-15-32(22-36,29(38)21-35(3)4)19-23-11-6-5-7-12-23/h5-9,11-14,20,24,34H,10,15-19,21-22,33H2,1-4H3/t24-,32+/m0/s1. The van der Waals surface area contributed by atoms with Gasteiger partial charge in [0.2, 0.25) is 5.91 Å². The van der Waals surface area contributed by atoms with Gasteiger partial charge in [0.05, 0.1) is 17.5 Å². The van der Waals surface area contributed by atoms with Gasteiger partial charge < -0.3 is 20.5 Å². The van der Waals surface area contributed by atoms with Crippen molar-refractivity contribution < 1.29 is 14.4 Å². The van der Waals surface area contributed by atoms with Crippen LogP contribution in [-0.4, -0.2) is 71.5 Å². The van der Waals surface area contributed by atoms with Crippen molar-refractivity contribution in [3.63, 3.8) is 0 Å². The molecular weight excluding hydrogens is 488 g/mol. The normalized spacial score (nSPS) is 18.9. The number of fused-ring (bicyclic) bond motifs is 1. The Balaban J connectivity index is 1.64. The average molecular weight is 531 g/mol. The number of hydrogen-bond donors (Lipinski definition) is 2. The number of rotatable bonds is 11. The van der Waals surface area contributed by atoms with Crippen LogP contribution in [0.4, 0.5) is 0 Å². The van der Waals surface area contributed by atoms with Gasteiger partial charge >= 0.3 is 0 Å². The monoisotopic (exact) mass is 530 g/mol. The summed E-state index contributed by atoms with van der Waals surface area (Å²) in [5.74, 6) is -0.623.